The largest absolute Gasteiger partial charge is 0.441 e. The van der Waals surface area contributed by atoms with Gasteiger partial charge in [0.2, 0.25) is 0 Å². The van der Waals surface area contributed by atoms with E-state index in [0.29, 0.717) is 6.42 Å². The topological polar surface area (TPSA) is 49.9 Å². The van der Waals surface area contributed by atoms with Crippen molar-refractivity contribution < 1.29 is 14.3 Å². The molecule has 5 heteroatoms. The van der Waals surface area contributed by atoms with Gasteiger partial charge >= 0.3 is 12.0 Å². The highest BCUT2D eigenvalue weighted by atomic mass is 16.6. The van der Waals surface area contributed by atoms with E-state index in [2.05, 4.69) is 0 Å². The second kappa shape index (κ2) is 5.16. The molecule has 5 nitrogen and oxygen atoms in total. The summed E-state index contributed by atoms with van der Waals surface area (Å²) >= 11 is 0. The second-order valence-electron chi connectivity index (χ2n) is 5.46. The first kappa shape index (κ1) is 13.2. The molecule has 2 atom stereocenters. The van der Waals surface area contributed by atoms with Gasteiger partial charge in [0.1, 0.15) is 0 Å². The predicted molar refractivity (Wildman–Crippen MR) is 66.8 cm³/mol. The van der Waals surface area contributed by atoms with Crippen LogP contribution in [0.1, 0.15) is 39.0 Å². The van der Waals surface area contributed by atoms with Gasteiger partial charge in [-0.1, -0.05) is 12.8 Å². The summed E-state index contributed by atoms with van der Waals surface area (Å²) in [5, 5.41) is 0. The third-order valence-corrected chi connectivity index (χ3v) is 4.18. The average Bonchev–Trinajstić information content (AvgIpc) is 2.87. The van der Waals surface area contributed by atoms with Crippen LogP contribution in [0.25, 0.3) is 0 Å². The first-order valence-corrected chi connectivity index (χ1v) is 6.71. The third kappa shape index (κ3) is 2.44. The monoisotopic (exact) mass is 254 g/mol. The van der Waals surface area contributed by atoms with Gasteiger partial charge in [0.05, 0.1) is 5.92 Å². The Hall–Kier alpha value is -1.26. The van der Waals surface area contributed by atoms with Gasteiger partial charge in [-0.25, -0.2) is 4.79 Å². The molecule has 0 aromatic carbocycles. The zero-order chi connectivity index (χ0) is 13.3. The summed E-state index contributed by atoms with van der Waals surface area (Å²) in [7, 11) is 3.47. The van der Waals surface area contributed by atoms with E-state index in [1.807, 2.05) is 6.92 Å². The van der Waals surface area contributed by atoms with Crippen molar-refractivity contribution in [2.75, 3.05) is 14.1 Å². The number of ether oxygens (including phenoxy) is 1. The van der Waals surface area contributed by atoms with Gasteiger partial charge < -0.3 is 9.64 Å². The highest BCUT2D eigenvalue weighted by Crippen LogP contribution is 2.28. The van der Waals surface area contributed by atoms with Crippen LogP contribution in [-0.2, 0) is 9.53 Å². The van der Waals surface area contributed by atoms with Gasteiger partial charge in [-0.2, -0.15) is 0 Å². The number of nitrogens with zero attached hydrogens (tertiary/aromatic N) is 2. The normalized spacial score (nSPS) is 29.8. The van der Waals surface area contributed by atoms with Gasteiger partial charge in [-0.3, -0.25) is 9.69 Å². The van der Waals surface area contributed by atoms with Crippen LogP contribution in [0, 0.1) is 5.92 Å². The molecule has 1 saturated heterocycles. The molecule has 2 amide bonds. The molecule has 0 aromatic heterocycles. The molecule has 2 unspecified atom stereocenters. The van der Waals surface area contributed by atoms with E-state index < -0.39 is 6.23 Å². The molecule has 2 fully saturated rings. The lowest BCUT2D eigenvalue weighted by molar-refractivity contribution is -0.164. The number of hydrogen-bond acceptors (Lipinski definition) is 3. The molecule has 0 aromatic rings. The van der Waals surface area contributed by atoms with Gasteiger partial charge in [-0.15, -0.1) is 0 Å². The van der Waals surface area contributed by atoms with Crippen molar-refractivity contribution in [2.24, 2.45) is 5.92 Å². The number of rotatable bonds is 2. The number of amides is 2. The fourth-order valence-corrected chi connectivity index (χ4v) is 2.69. The minimum Gasteiger partial charge on any atom is -0.441 e. The summed E-state index contributed by atoms with van der Waals surface area (Å²) in [5.41, 5.74) is 0. The predicted octanol–water partition coefficient (Wildman–Crippen LogP) is 1.82. The third-order valence-electron chi connectivity index (χ3n) is 4.18. The molecule has 1 aliphatic heterocycles. The Morgan fingerprint density at radius 3 is 2.44 bits per heavy atom. The van der Waals surface area contributed by atoms with E-state index in [1.54, 1.807) is 19.0 Å². The molecular weight excluding hydrogens is 232 g/mol. The summed E-state index contributed by atoms with van der Waals surface area (Å²) in [6, 6.07) is 0.0213. The molecular formula is C13H22N2O3. The summed E-state index contributed by atoms with van der Waals surface area (Å²) in [6.45, 7) is 1.97. The van der Waals surface area contributed by atoms with Crippen LogP contribution in [-0.4, -0.2) is 48.2 Å². The first-order valence-electron chi connectivity index (χ1n) is 6.71. The number of urea groups is 1. The van der Waals surface area contributed by atoms with Gasteiger partial charge in [0, 0.05) is 26.6 Å². The van der Waals surface area contributed by atoms with E-state index in [1.165, 1.54) is 4.90 Å². The van der Waals surface area contributed by atoms with Crippen LogP contribution in [0.3, 0.4) is 0 Å². The first-order chi connectivity index (χ1) is 8.50. The van der Waals surface area contributed by atoms with Crippen molar-refractivity contribution in [3.63, 3.8) is 0 Å². The van der Waals surface area contributed by atoms with Crippen LogP contribution in [0.5, 0.6) is 0 Å². The zero-order valence-corrected chi connectivity index (χ0v) is 11.4. The highest BCUT2D eigenvalue weighted by molar-refractivity contribution is 5.77. The molecule has 18 heavy (non-hydrogen) atoms. The maximum Gasteiger partial charge on any atom is 0.322 e. The number of carbonyl (C=O) groups excluding carboxylic acids is 2. The molecule has 2 aliphatic rings. The van der Waals surface area contributed by atoms with Crippen LogP contribution in [0.2, 0.25) is 0 Å². The minimum absolute atomic E-state index is 0.0449. The quantitative estimate of drug-likeness (QED) is 0.706. The Morgan fingerprint density at radius 2 is 1.83 bits per heavy atom. The van der Waals surface area contributed by atoms with Crippen molar-refractivity contribution in [3.8, 4) is 0 Å². The molecule has 0 bridgehead atoms. The van der Waals surface area contributed by atoms with Crippen LogP contribution in [0.15, 0.2) is 0 Å². The van der Waals surface area contributed by atoms with E-state index in [4.69, 9.17) is 4.74 Å². The van der Waals surface area contributed by atoms with Crippen molar-refractivity contribution >= 4 is 12.0 Å². The van der Waals surface area contributed by atoms with E-state index in [0.717, 1.165) is 25.7 Å². The van der Waals surface area contributed by atoms with Gasteiger partial charge in [0.15, 0.2) is 6.23 Å². The van der Waals surface area contributed by atoms with E-state index >= 15 is 0 Å². The smallest absolute Gasteiger partial charge is 0.322 e. The molecule has 102 valence electrons. The maximum atomic E-state index is 12.0. The zero-order valence-electron chi connectivity index (χ0n) is 11.4. The minimum atomic E-state index is -0.406. The molecule has 0 spiro atoms. The number of hydrogen-bond donors (Lipinski definition) is 0. The fraction of sp³-hybridized carbons (Fsp3) is 0.846. The SMILES string of the molecule is CC1CC(OC(=O)C2CCCC2)N(C)C(=O)N1C. The van der Waals surface area contributed by atoms with Crippen molar-refractivity contribution in [1.29, 1.82) is 0 Å². The molecule has 0 N–H and O–H groups in total. The van der Waals surface area contributed by atoms with E-state index in [-0.39, 0.29) is 24.0 Å². The van der Waals surface area contributed by atoms with Crippen LogP contribution < -0.4 is 0 Å². The van der Waals surface area contributed by atoms with Crippen LogP contribution in [0.4, 0.5) is 4.79 Å². The van der Waals surface area contributed by atoms with Crippen molar-refractivity contribution in [3.05, 3.63) is 0 Å². The Kier molecular flexibility index (Phi) is 3.78. The molecule has 1 aliphatic carbocycles. The summed E-state index contributed by atoms with van der Waals surface area (Å²) in [5.74, 6) is -0.0858. The Morgan fingerprint density at radius 1 is 1.22 bits per heavy atom. The summed E-state index contributed by atoms with van der Waals surface area (Å²) < 4.78 is 5.52. The lowest BCUT2D eigenvalue weighted by Crippen LogP contribution is -2.56. The lowest BCUT2D eigenvalue weighted by Gasteiger charge is -2.41. The molecule has 1 heterocycles. The van der Waals surface area contributed by atoms with E-state index in [9.17, 15) is 9.59 Å². The van der Waals surface area contributed by atoms with Gasteiger partial charge in [0.25, 0.3) is 0 Å². The Bertz CT molecular complexity index is 339. The van der Waals surface area contributed by atoms with Crippen molar-refractivity contribution in [1.82, 2.24) is 9.80 Å². The Labute approximate surface area is 108 Å². The summed E-state index contributed by atoms with van der Waals surface area (Å²) in [4.78, 5) is 27.1. The van der Waals surface area contributed by atoms with Gasteiger partial charge in [-0.05, 0) is 19.8 Å². The number of esters is 1. The lowest BCUT2D eigenvalue weighted by atomic mass is 10.1. The average molecular weight is 254 g/mol. The Balaban J connectivity index is 1.95. The molecule has 0 radical (unpaired) electrons. The van der Waals surface area contributed by atoms with Crippen LogP contribution >= 0.6 is 0 Å². The second-order valence-corrected chi connectivity index (χ2v) is 5.46. The fourth-order valence-electron chi connectivity index (χ4n) is 2.69. The maximum absolute atomic E-state index is 12.0. The highest BCUT2D eigenvalue weighted by Gasteiger charge is 2.36. The summed E-state index contributed by atoms with van der Waals surface area (Å²) in [6.07, 6.45) is 4.35. The molecule has 2 rings (SSSR count). The number of carbonyl (C=O) groups is 2. The molecule has 1 saturated carbocycles. The standard InChI is InChI=1S/C13H22N2O3/c1-9-8-11(15(3)13(17)14(9)2)18-12(16)10-6-4-5-7-10/h9-11H,4-8H2,1-3H3. The van der Waals surface area contributed by atoms with Crippen molar-refractivity contribution in [2.45, 2.75) is 51.3 Å².